The lowest BCUT2D eigenvalue weighted by molar-refractivity contribution is -0.135. The molecule has 3 heterocycles. The minimum atomic E-state index is -0.811. The second kappa shape index (κ2) is 6.53. The van der Waals surface area contributed by atoms with Gasteiger partial charge in [-0.3, -0.25) is 19.3 Å². The van der Waals surface area contributed by atoms with E-state index in [0.29, 0.717) is 37.3 Å². The van der Waals surface area contributed by atoms with Crippen molar-refractivity contribution in [3.8, 4) is 0 Å². The van der Waals surface area contributed by atoms with Crippen molar-refractivity contribution < 1.29 is 14.4 Å². The molecular weight excluding hydrogens is 352 g/mol. The lowest BCUT2D eigenvalue weighted by Crippen LogP contribution is -2.55. The monoisotopic (exact) mass is 370 g/mol. The number of aromatic nitrogens is 1. The maximum Gasteiger partial charge on any atom is 0.262 e. The molecule has 0 radical (unpaired) electrons. The summed E-state index contributed by atoms with van der Waals surface area (Å²) in [5, 5.41) is 2.88. The number of piperazine rings is 1. The number of hydrogen-bond donors (Lipinski definition) is 0. The minimum absolute atomic E-state index is 0.196. The molecule has 1 saturated heterocycles. The first kappa shape index (κ1) is 16.7. The van der Waals surface area contributed by atoms with Crippen LogP contribution in [-0.4, -0.2) is 64.7 Å². The van der Waals surface area contributed by atoms with E-state index in [-0.39, 0.29) is 5.91 Å². The largest absolute Gasteiger partial charge is 0.345 e. The summed E-state index contributed by atoms with van der Waals surface area (Å²) in [4.78, 5) is 47.2. The Hall–Kier alpha value is -2.74. The summed E-state index contributed by atoms with van der Waals surface area (Å²) in [5.41, 5.74) is 0.733. The van der Waals surface area contributed by atoms with Crippen LogP contribution in [-0.2, 0) is 4.79 Å². The van der Waals surface area contributed by atoms with Gasteiger partial charge in [0.2, 0.25) is 5.91 Å². The molecule has 0 spiro atoms. The van der Waals surface area contributed by atoms with Gasteiger partial charge in [-0.25, -0.2) is 4.98 Å². The molecule has 7 nitrogen and oxygen atoms in total. The highest BCUT2D eigenvalue weighted by molar-refractivity contribution is 7.13. The predicted molar refractivity (Wildman–Crippen MR) is 97.3 cm³/mol. The first-order chi connectivity index (χ1) is 12.6. The van der Waals surface area contributed by atoms with Crippen molar-refractivity contribution >= 4 is 34.2 Å². The predicted octanol–water partition coefficient (Wildman–Crippen LogP) is 1.48. The number of thiazole rings is 1. The molecule has 1 unspecified atom stereocenters. The van der Waals surface area contributed by atoms with Gasteiger partial charge < -0.3 is 9.80 Å². The first-order valence-electron chi connectivity index (χ1n) is 8.48. The third kappa shape index (κ3) is 2.66. The SMILES string of the molecule is CC(C(=O)N1CCN(c2nccs2)CC1)N1C(=O)c2ccccc2C1=O. The molecule has 0 aliphatic carbocycles. The Bertz CT molecular complexity index is 824. The quantitative estimate of drug-likeness (QED) is 0.765. The van der Waals surface area contributed by atoms with E-state index < -0.39 is 17.9 Å². The average molecular weight is 370 g/mol. The van der Waals surface area contributed by atoms with Crippen molar-refractivity contribution in [3.05, 3.63) is 47.0 Å². The number of hydrogen-bond acceptors (Lipinski definition) is 6. The molecule has 0 saturated carbocycles. The number of imide groups is 1. The summed E-state index contributed by atoms with van der Waals surface area (Å²) >= 11 is 1.57. The fourth-order valence-electron chi connectivity index (χ4n) is 3.42. The van der Waals surface area contributed by atoms with Crippen LogP contribution in [0, 0.1) is 0 Å². The third-order valence-corrected chi connectivity index (χ3v) is 5.68. The summed E-state index contributed by atoms with van der Waals surface area (Å²) < 4.78 is 0. The summed E-state index contributed by atoms with van der Waals surface area (Å²) in [7, 11) is 0. The van der Waals surface area contributed by atoms with Crippen LogP contribution in [0.5, 0.6) is 0 Å². The van der Waals surface area contributed by atoms with Crippen molar-refractivity contribution in [1.29, 1.82) is 0 Å². The van der Waals surface area contributed by atoms with Gasteiger partial charge in [0.05, 0.1) is 11.1 Å². The molecule has 2 aromatic rings. The number of nitrogens with zero attached hydrogens (tertiary/aromatic N) is 4. The van der Waals surface area contributed by atoms with Crippen molar-refractivity contribution in [1.82, 2.24) is 14.8 Å². The molecule has 3 amide bonds. The van der Waals surface area contributed by atoms with E-state index in [1.165, 1.54) is 0 Å². The molecule has 1 aromatic carbocycles. The smallest absolute Gasteiger partial charge is 0.262 e. The van der Waals surface area contributed by atoms with Crippen LogP contribution < -0.4 is 4.90 Å². The zero-order valence-electron chi connectivity index (χ0n) is 14.3. The van der Waals surface area contributed by atoms with E-state index in [4.69, 9.17) is 0 Å². The van der Waals surface area contributed by atoms with Gasteiger partial charge in [0, 0.05) is 37.8 Å². The zero-order chi connectivity index (χ0) is 18.3. The van der Waals surface area contributed by atoms with E-state index in [1.54, 1.807) is 53.6 Å². The highest BCUT2D eigenvalue weighted by Gasteiger charge is 2.42. The molecule has 1 aromatic heterocycles. The van der Waals surface area contributed by atoms with E-state index in [2.05, 4.69) is 9.88 Å². The number of rotatable bonds is 3. The molecular formula is C18H18N4O3S. The molecule has 2 aliphatic heterocycles. The number of carbonyl (C=O) groups is 3. The Morgan fingerprint density at radius 2 is 1.69 bits per heavy atom. The van der Waals surface area contributed by atoms with Crippen LogP contribution in [0.1, 0.15) is 27.6 Å². The van der Waals surface area contributed by atoms with E-state index >= 15 is 0 Å². The van der Waals surface area contributed by atoms with Crippen molar-refractivity contribution in [3.63, 3.8) is 0 Å². The van der Waals surface area contributed by atoms with Gasteiger partial charge in [0.1, 0.15) is 6.04 Å². The standard InChI is InChI=1S/C18H18N4O3S/c1-12(22-16(24)13-4-2-3-5-14(13)17(22)25)15(23)20-7-9-21(10-8-20)18-19-6-11-26-18/h2-6,11-12H,7-10H2,1H3. The van der Waals surface area contributed by atoms with Crippen LogP contribution in [0.2, 0.25) is 0 Å². The molecule has 0 N–H and O–H groups in total. The minimum Gasteiger partial charge on any atom is -0.345 e. The molecule has 4 rings (SSSR count). The van der Waals surface area contributed by atoms with Gasteiger partial charge in [-0.05, 0) is 19.1 Å². The van der Waals surface area contributed by atoms with E-state index in [0.717, 1.165) is 10.0 Å². The summed E-state index contributed by atoms with van der Waals surface area (Å²) in [6.45, 7) is 4.09. The van der Waals surface area contributed by atoms with Crippen LogP contribution in [0.25, 0.3) is 0 Å². The average Bonchev–Trinajstić information content (AvgIpc) is 3.29. The highest BCUT2D eigenvalue weighted by atomic mass is 32.1. The molecule has 0 bridgehead atoms. The molecule has 2 aliphatic rings. The van der Waals surface area contributed by atoms with Gasteiger partial charge in [-0.15, -0.1) is 11.3 Å². The van der Waals surface area contributed by atoms with Crippen LogP contribution in [0.4, 0.5) is 5.13 Å². The Morgan fingerprint density at radius 1 is 1.08 bits per heavy atom. The number of carbonyl (C=O) groups excluding carboxylic acids is 3. The van der Waals surface area contributed by atoms with Gasteiger partial charge >= 0.3 is 0 Å². The summed E-state index contributed by atoms with van der Waals surface area (Å²) in [6.07, 6.45) is 1.77. The fourth-order valence-corrected chi connectivity index (χ4v) is 4.12. The van der Waals surface area contributed by atoms with Crippen molar-refractivity contribution in [2.24, 2.45) is 0 Å². The number of anilines is 1. The van der Waals surface area contributed by atoms with Gasteiger partial charge in [0.15, 0.2) is 5.13 Å². The van der Waals surface area contributed by atoms with Gasteiger partial charge in [-0.1, -0.05) is 12.1 Å². The normalized spacial score (nSPS) is 18.3. The molecule has 134 valence electrons. The Balaban J connectivity index is 1.44. The lowest BCUT2D eigenvalue weighted by atomic mass is 10.1. The fraction of sp³-hybridized carbons (Fsp3) is 0.333. The number of benzene rings is 1. The number of amides is 3. The second-order valence-electron chi connectivity index (χ2n) is 6.33. The maximum absolute atomic E-state index is 12.9. The summed E-state index contributed by atoms with van der Waals surface area (Å²) in [6, 6.07) is 5.88. The first-order valence-corrected chi connectivity index (χ1v) is 9.36. The van der Waals surface area contributed by atoms with Gasteiger partial charge in [-0.2, -0.15) is 0 Å². The van der Waals surface area contributed by atoms with Crippen LogP contribution in [0.3, 0.4) is 0 Å². The maximum atomic E-state index is 12.9. The van der Waals surface area contributed by atoms with Crippen molar-refractivity contribution in [2.45, 2.75) is 13.0 Å². The van der Waals surface area contributed by atoms with Crippen LogP contribution >= 0.6 is 11.3 Å². The highest BCUT2D eigenvalue weighted by Crippen LogP contribution is 2.25. The Kier molecular flexibility index (Phi) is 4.20. The summed E-state index contributed by atoms with van der Waals surface area (Å²) in [5.74, 6) is -0.987. The topological polar surface area (TPSA) is 73.8 Å². The van der Waals surface area contributed by atoms with E-state index in [1.807, 2.05) is 5.38 Å². The molecule has 1 fully saturated rings. The zero-order valence-corrected chi connectivity index (χ0v) is 15.1. The molecule has 1 atom stereocenters. The molecule has 26 heavy (non-hydrogen) atoms. The Labute approximate surface area is 154 Å². The van der Waals surface area contributed by atoms with Gasteiger partial charge in [0.25, 0.3) is 11.8 Å². The Morgan fingerprint density at radius 3 is 2.23 bits per heavy atom. The second-order valence-corrected chi connectivity index (χ2v) is 7.20. The van der Waals surface area contributed by atoms with Crippen LogP contribution in [0.15, 0.2) is 35.8 Å². The van der Waals surface area contributed by atoms with Crippen molar-refractivity contribution in [2.75, 3.05) is 31.1 Å². The molecule has 8 heteroatoms. The lowest BCUT2D eigenvalue weighted by Gasteiger charge is -2.36. The third-order valence-electron chi connectivity index (χ3n) is 4.85. The van der Waals surface area contributed by atoms with E-state index in [9.17, 15) is 14.4 Å². The number of fused-ring (bicyclic) bond motifs is 1.